The summed E-state index contributed by atoms with van der Waals surface area (Å²) < 4.78 is 5.01. The molecule has 0 N–H and O–H groups in total. The van der Waals surface area contributed by atoms with Gasteiger partial charge in [0.1, 0.15) is 0 Å². The second-order valence-corrected chi connectivity index (χ2v) is 7.16. The van der Waals surface area contributed by atoms with E-state index in [-0.39, 0.29) is 17.3 Å². The number of allylic oxidation sites excluding steroid dienone is 1. The quantitative estimate of drug-likeness (QED) is 0.613. The molecule has 0 spiro atoms. The summed E-state index contributed by atoms with van der Waals surface area (Å²) >= 11 is 1.85. The summed E-state index contributed by atoms with van der Waals surface area (Å²) in [4.78, 5) is 13.4. The van der Waals surface area contributed by atoms with Gasteiger partial charge in [0.25, 0.3) is 0 Å². The number of hydrogen-bond donors (Lipinski definition) is 0. The van der Waals surface area contributed by atoms with Gasteiger partial charge in [-0.15, -0.1) is 11.8 Å². The highest BCUT2D eigenvalue weighted by molar-refractivity contribution is 8.00. The maximum atomic E-state index is 12.1. The Morgan fingerprint density at radius 1 is 1.30 bits per heavy atom. The number of hydrogen-bond acceptors (Lipinski definition) is 3. The average Bonchev–Trinajstić information content (AvgIpc) is 2.42. The van der Waals surface area contributed by atoms with Crippen LogP contribution < -0.4 is 0 Å². The third-order valence-corrected chi connectivity index (χ3v) is 5.77. The molecule has 0 bridgehead atoms. The lowest BCUT2D eigenvalue weighted by Gasteiger charge is -2.42. The summed E-state index contributed by atoms with van der Waals surface area (Å²) in [5, 5.41) is 0.373. The first kappa shape index (κ1) is 15.2. The average molecular weight is 290 g/mol. The fourth-order valence-corrected chi connectivity index (χ4v) is 4.23. The molecule has 20 heavy (non-hydrogen) atoms. The van der Waals surface area contributed by atoms with Crippen LogP contribution in [0.5, 0.6) is 0 Å². The summed E-state index contributed by atoms with van der Waals surface area (Å²) in [6.07, 6.45) is 3.18. The Balaban J connectivity index is 2.25. The van der Waals surface area contributed by atoms with Crippen molar-refractivity contribution in [2.45, 2.75) is 37.3 Å². The molecule has 0 fully saturated rings. The number of thioether (sulfide) groups is 1. The molecule has 1 aliphatic carbocycles. The van der Waals surface area contributed by atoms with E-state index in [1.54, 1.807) is 0 Å². The molecule has 0 aromatic heterocycles. The van der Waals surface area contributed by atoms with Gasteiger partial charge in [-0.3, -0.25) is 4.79 Å². The Hall–Kier alpha value is -1.22. The number of carbonyl (C=O) groups excluding carboxylic acids is 1. The lowest BCUT2D eigenvalue weighted by Crippen LogP contribution is -2.42. The van der Waals surface area contributed by atoms with Gasteiger partial charge in [0.15, 0.2) is 0 Å². The van der Waals surface area contributed by atoms with Gasteiger partial charge in [0, 0.05) is 10.1 Å². The molecule has 0 heterocycles. The first-order valence-corrected chi connectivity index (χ1v) is 7.81. The Morgan fingerprint density at radius 3 is 2.55 bits per heavy atom. The standard InChI is InChI=1S/C17H22O2S/c1-12-10-11-14(20-13-8-6-5-7-9-13)17(2,3)15(12)16(18)19-4/h5-10,14-15H,11H2,1-4H3. The van der Waals surface area contributed by atoms with E-state index in [2.05, 4.69) is 44.2 Å². The minimum atomic E-state index is -0.150. The molecule has 1 aromatic rings. The maximum Gasteiger partial charge on any atom is 0.313 e. The second-order valence-electron chi connectivity index (χ2n) is 5.88. The van der Waals surface area contributed by atoms with E-state index in [1.807, 2.05) is 24.8 Å². The summed E-state index contributed by atoms with van der Waals surface area (Å²) in [5.41, 5.74) is 1.01. The van der Waals surface area contributed by atoms with Crippen molar-refractivity contribution in [1.82, 2.24) is 0 Å². The summed E-state index contributed by atoms with van der Waals surface area (Å²) in [5.74, 6) is -0.274. The van der Waals surface area contributed by atoms with Gasteiger partial charge >= 0.3 is 5.97 Å². The van der Waals surface area contributed by atoms with Gasteiger partial charge in [-0.05, 0) is 30.9 Å². The molecule has 0 radical (unpaired) electrons. The molecule has 0 aliphatic heterocycles. The van der Waals surface area contributed by atoms with Gasteiger partial charge in [-0.2, -0.15) is 0 Å². The number of esters is 1. The molecule has 3 heteroatoms. The minimum absolute atomic E-state index is 0.119. The van der Waals surface area contributed by atoms with E-state index in [1.165, 1.54) is 12.0 Å². The van der Waals surface area contributed by atoms with Crippen molar-refractivity contribution in [2.24, 2.45) is 11.3 Å². The van der Waals surface area contributed by atoms with Crippen LogP contribution in [-0.4, -0.2) is 18.3 Å². The van der Waals surface area contributed by atoms with Crippen molar-refractivity contribution in [2.75, 3.05) is 7.11 Å². The van der Waals surface area contributed by atoms with Gasteiger partial charge in [0.2, 0.25) is 0 Å². The molecule has 2 unspecified atom stereocenters. The van der Waals surface area contributed by atoms with Crippen molar-refractivity contribution >= 4 is 17.7 Å². The van der Waals surface area contributed by atoms with Crippen LogP contribution in [0.3, 0.4) is 0 Å². The predicted octanol–water partition coefficient (Wildman–Crippen LogP) is 4.31. The van der Waals surface area contributed by atoms with Crippen LogP contribution in [0.4, 0.5) is 0 Å². The number of benzene rings is 1. The predicted molar refractivity (Wildman–Crippen MR) is 83.7 cm³/mol. The third-order valence-electron chi connectivity index (χ3n) is 4.14. The van der Waals surface area contributed by atoms with Crippen LogP contribution in [-0.2, 0) is 9.53 Å². The van der Waals surface area contributed by atoms with E-state index in [0.29, 0.717) is 5.25 Å². The van der Waals surface area contributed by atoms with Crippen molar-refractivity contribution in [3.05, 3.63) is 42.0 Å². The molecule has 108 valence electrons. The number of rotatable bonds is 3. The molecule has 0 amide bonds. The normalized spacial score (nSPS) is 24.9. The first-order valence-electron chi connectivity index (χ1n) is 6.93. The monoisotopic (exact) mass is 290 g/mol. The Labute approximate surface area is 125 Å². The first-order chi connectivity index (χ1) is 9.46. The van der Waals surface area contributed by atoms with E-state index >= 15 is 0 Å². The van der Waals surface area contributed by atoms with Gasteiger partial charge in [-0.25, -0.2) is 0 Å². The Morgan fingerprint density at radius 2 is 1.95 bits per heavy atom. The van der Waals surface area contributed by atoms with Crippen LogP contribution in [0.1, 0.15) is 27.2 Å². The second kappa shape index (κ2) is 6.04. The molecular formula is C17H22O2S. The molecule has 2 rings (SSSR count). The number of methoxy groups -OCH3 is 1. The van der Waals surface area contributed by atoms with Crippen LogP contribution >= 0.6 is 11.8 Å². The zero-order chi connectivity index (χ0) is 14.8. The molecule has 2 nitrogen and oxygen atoms in total. The zero-order valence-corrected chi connectivity index (χ0v) is 13.4. The number of carbonyl (C=O) groups is 1. The van der Waals surface area contributed by atoms with Crippen molar-refractivity contribution in [1.29, 1.82) is 0 Å². The SMILES string of the molecule is COC(=O)C1C(C)=CCC(Sc2ccccc2)C1(C)C. The summed E-state index contributed by atoms with van der Waals surface area (Å²) in [7, 11) is 1.47. The van der Waals surface area contributed by atoms with Gasteiger partial charge in [-0.1, -0.05) is 43.7 Å². The molecule has 1 aromatic carbocycles. The molecule has 2 atom stereocenters. The summed E-state index contributed by atoms with van der Waals surface area (Å²) in [6, 6.07) is 10.4. The van der Waals surface area contributed by atoms with Crippen LogP contribution in [0.2, 0.25) is 0 Å². The van der Waals surface area contributed by atoms with Crippen LogP contribution in [0, 0.1) is 11.3 Å². The highest BCUT2D eigenvalue weighted by atomic mass is 32.2. The fourth-order valence-electron chi connectivity index (χ4n) is 2.96. The summed E-state index contributed by atoms with van der Waals surface area (Å²) in [6.45, 7) is 6.38. The molecular weight excluding hydrogens is 268 g/mol. The zero-order valence-electron chi connectivity index (χ0n) is 12.6. The van der Waals surface area contributed by atoms with Crippen LogP contribution in [0.25, 0.3) is 0 Å². The van der Waals surface area contributed by atoms with Crippen molar-refractivity contribution < 1.29 is 9.53 Å². The largest absolute Gasteiger partial charge is 0.469 e. The lowest BCUT2D eigenvalue weighted by molar-refractivity contribution is -0.148. The van der Waals surface area contributed by atoms with Crippen LogP contribution in [0.15, 0.2) is 46.9 Å². The lowest BCUT2D eigenvalue weighted by atomic mass is 9.68. The smallest absolute Gasteiger partial charge is 0.313 e. The van der Waals surface area contributed by atoms with Gasteiger partial charge < -0.3 is 4.74 Å². The molecule has 0 saturated heterocycles. The minimum Gasteiger partial charge on any atom is -0.469 e. The maximum absolute atomic E-state index is 12.1. The van der Waals surface area contributed by atoms with E-state index in [4.69, 9.17) is 4.74 Å². The Bertz CT molecular complexity index is 505. The highest BCUT2D eigenvalue weighted by Gasteiger charge is 2.45. The molecule has 1 aliphatic rings. The Kier molecular flexibility index (Phi) is 4.59. The fraction of sp³-hybridized carbons (Fsp3) is 0.471. The number of ether oxygens (including phenoxy) is 1. The highest BCUT2D eigenvalue weighted by Crippen LogP contribution is 2.48. The van der Waals surface area contributed by atoms with Crippen molar-refractivity contribution in [3.63, 3.8) is 0 Å². The van der Waals surface area contributed by atoms with Gasteiger partial charge in [0.05, 0.1) is 13.0 Å². The van der Waals surface area contributed by atoms with E-state index < -0.39 is 0 Å². The van der Waals surface area contributed by atoms with E-state index in [9.17, 15) is 4.79 Å². The molecule has 0 saturated carbocycles. The third kappa shape index (κ3) is 2.93. The van der Waals surface area contributed by atoms with Crippen molar-refractivity contribution in [3.8, 4) is 0 Å². The topological polar surface area (TPSA) is 26.3 Å². The van der Waals surface area contributed by atoms with E-state index in [0.717, 1.165) is 12.0 Å².